The predicted octanol–water partition coefficient (Wildman–Crippen LogP) is 5.70. The summed E-state index contributed by atoms with van der Waals surface area (Å²) in [6, 6.07) is 18.9. The Labute approximate surface area is 219 Å². The molecule has 0 radical (unpaired) electrons. The number of rotatable bonds is 4. The van der Waals surface area contributed by atoms with Gasteiger partial charge in [-0.05, 0) is 66.6 Å². The average Bonchev–Trinajstić information content (AvgIpc) is 2.90. The van der Waals surface area contributed by atoms with E-state index in [4.69, 9.17) is 16.3 Å². The first kappa shape index (κ1) is 24.3. The van der Waals surface area contributed by atoms with Crippen LogP contribution in [0.3, 0.4) is 0 Å². The molecule has 3 aromatic rings. The first-order valence-corrected chi connectivity index (χ1v) is 12.9. The molecule has 0 saturated carbocycles. The average molecular weight is 520 g/mol. The van der Waals surface area contributed by atoms with Gasteiger partial charge in [0.2, 0.25) is 0 Å². The number of carbonyl (C=O) groups is 2. The lowest BCUT2D eigenvalue weighted by molar-refractivity contribution is -0.112. The molecule has 1 fully saturated rings. The summed E-state index contributed by atoms with van der Waals surface area (Å²) >= 11 is 7.59. The van der Waals surface area contributed by atoms with Crippen LogP contribution in [0.1, 0.15) is 21.5 Å². The molecule has 2 heterocycles. The number of halogens is 1. The zero-order valence-corrected chi connectivity index (χ0v) is 21.7. The van der Waals surface area contributed by atoms with E-state index in [0.29, 0.717) is 34.3 Å². The van der Waals surface area contributed by atoms with Gasteiger partial charge in [-0.3, -0.25) is 9.59 Å². The van der Waals surface area contributed by atoms with Crippen molar-refractivity contribution in [2.75, 3.05) is 43.5 Å². The minimum atomic E-state index is -0.182. The molecule has 1 N–H and O–H groups in total. The van der Waals surface area contributed by atoms with Crippen LogP contribution in [-0.4, -0.2) is 50.0 Å². The van der Waals surface area contributed by atoms with Gasteiger partial charge in [0.15, 0.2) is 0 Å². The molecule has 6 nitrogen and oxygen atoms in total. The third kappa shape index (κ3) is 5.08. The van der Waals surface area contributed by atoms with Gasteiger partial charge in [0.05, 0.1) is 17.7 Å². The molecule has 2 aliphatic rings. The van der Waals surface area contributed by atoms with Crippen molar-refractivity contribution in [3.05, 3.63) is 87.3 Å². The molecule has 0 aromatic heterocycles. The lowest BCUT2D eigenvalue weighted by atomic mass is 10.1. The van der Waals surface area contributed by atoms with Crippen molar-refractivity contribution in [2.45, 2.75) is 11.8 Å². The summed E-state index contributed by atoms with van der Waals surface area (Å²) in [5.74, 6) is 0.555. The predicted molar refractivity (Wildman–Crippen MR) is 146 cm³/mol. The number of carbonyl (C=O) groups excluding carboxylic acids is 2. The Morgan fingerprint density at radius 1 is 1.03 bits per heavy atom. The van der Waals surface area contributed by atoms with Gasteiger partial charge in [0, 0.05) is 47.3 Å². The Morgan fingerprint density at radius 2 is 1.78 bits per heavy atom. The molecule has 184 valence electrons. The standard InChI is InChI=1S/C28H26ClN3O3S/c1-18-3-7-21(29)17-24(18)31-11-13-32(14-12-31)28(34)20-6-10-25-23(16-20)30-27(33)26(36-25)15-19-4-8-22(35-2)9-5-19/h3-10,15-17H,11-14H2,1-2H3,(H,30,33). The number of nitrogens with one attached hydrogen (secondary N) is 1. The maximum Gasteiger partial charge on any atom is 0.262 e. The topological polar surface area (TPSA) is 61.9 Å². The fraction of sp³-hybridized carbons (Fsp3) is 0.214. The minimum Gasteiger partial charge on any atom is -0.497 e. The highest BCUT2D eigenvalue weighted by Crippen LogP contribution is 2.39. The van der Waals surface area contributed by atoms with E-state index in [0.717, 1.165) is 35.0 Å². The molecule has 0 unspecified atom stereocenters. The summed E-state index contributed by atoms with van der Waals surface area (Å²) in [5, 5.41) is 3.66. The third-order valence-electron chi connectivity index (χ3n) is 6.41. The number of fused-ring (bicyclic) bond motifs is 1. The molecule has 0 atom stereocenters. The summed E-state index contributed by atoms with van der Waals surface area (Å²) in [6.07, 6.45) is 1.85. The summed E-state index contributed by atoms with van der Waals surface area (Å²) in [5.41, 5.74) is 4.43. The van der Waals surface area contributed by atoms with Crippen molar-refractivity contribution < 1.29 is 14.3 Å². The van der Waals surface area contributed by atoms with Gasteiger partial charge in [0.1, 0.15) is 5.75 Å². The molecule has 8 heteroatoms. The lowest BCUT2D eigenvalue weighted by Gasteiger charge is -2.37. The number of aryl methyl sites for hydroxylation is 1. The van der Waals surface area contributed by atoms with Crippen LogP contribution in [0, 0.1) is 6.92 Å². The Hall–Kier alpha value is -3.42. The SMILES string of the molecule is COc1ccc(C=C2Sc3ccc(C(=O)N4CCN(c5cc(Cl)ccc5C)CC4)cc3NC2=O)cc1. The maximum absolute atomic E-state index is 13.2. The monoisotopic (exact) mass is 519 g/mol. The molecule has 2 amide bonds. The number of hydrogen-bond donors (Lipinski definition) is 1. The molecule has 0 aliphatic carbocycles. The molecule has 0 spiro atoms. The number of nitrogens with zero attached hydrogens (tertiary/aromatic N) is 2. The van der Waals surface area contributed by atoms with Crippen LogP contribution in [0.5, 0.6) is 5.75 Å². The van der Waals surface area contributed by atoms with Gasteiger partial charge in [0.25, 0.3) is 11.8 Å². The van der Waals surface area contributed by atoms with Crippen LogP contribution in [0.4, 0.5) is 11.4 Å². The summed E-state index contributed by atoms with van der Waals surface area (Å²) in [7, 11) is 1.62. The molecule has 3 aromatic carbocycles. The Morgan fingerprint density at radius 3 is 2.50 bits per heavy atom. The second-order valence-corrected chi connectivity index (χ2v) is 10.3. The number of hydrogen-bond acceptors (Lipinski definition) is 5. The number of benzene rings is 3. The van der Waals surface area contributed by atoms with Gasteiger partial charge in [-0.1, -0.05) is 41.6 Å². The van der Waals surface area contributed by atoms with Crippen molar-refractivity contribution in [1.82, 2.24) is 4.90 Å². The zero-order chi connectivity index (χ0) is 25.2. The second kappa shape index (κ2) is 10.3. The van der Waals surface area contributed by atoms with Crippen molar-refractivity contribution in [3.63, 3.8) is 0 Å². The van der Waals surface area contributed by atoms with Crippen LogP contribution < -0.4 is 15.0 Å². The fourth-order valence-electron chi connectivity index (χ4n) is 4.40. The van der Waals surface area contributed by atoms with E-state index in [-0.39, 0.29) is 11.8 Å². The Bertz CT molecular complexity index is 1350. The van der Waals surface area contributed by atoms with Gasteiger partial charge in [-0.2, -0.15) is 0 Å². The minimum absolute atomic E-state index is 0.0286. The van der Waals surface area contributed by atoms with E-state index in [1.807, 2.05) is 65.6 Å². The highest BCUT2D eigenvalue weighted by molar-refractivity contribution is 8.04. The van der Waals surface area contributed by atoms with Crippen LogP contribution >= 0.6 is 23.4 Å². The number of amides is 2. The van der Waals surface area contributed by atoms with E-state index < -0.39 is 0 Å². The lowest BCUT2D eigenvalue weighted by Crippen LogP contribution is -2.49. The smallest absolute Gasteiger partial charge is 0.262 e. The van der Waals surface area contributed by atoms with E-state index in [1.165, 1.54) is 17.3 Å². The largest absolute Gasteiger partial charge is 0.497 e. The van der Waals surface area contributed by atoms with Crippen LogP contribution in [-0.2, 0) is 4.79 Å². The van der Waals surface area contributed by atoms with Crippen LogP contribution in [0.2, 0.25) is 5.02 Å². The molecule has 1 saturated heterocycles. The maximum atomic E-state index is 13.2. The van der Waals surface area contributed by atoms with E-state index in [2.05, 4.69) is 17.1 Å². The number of thioether (sulfide) groups is 1. The molecule has 5 rings (SSSR count). The van der Waals surface area contributed by atoms with Crippen LogP contribution in [0.15, 0.2) is 70.5 Å². The van der Waals surface area contributed by atoms with Crippen molar-refractivity contribution in [2.24, 2.45) is 0 Å². The van der Waals surface area contributed by atoms with Crippen LogP contribution in [0.25, 0.3) is 6.08 Å². The van der Waals surface area contributed by atoms with Gasteiger partial charge in [-0.15, -0.1) is 0 Å². The molecular weight excluding hydrogens is 494 g/mol. The third-order valence-corrected chi connectivity index (χ3v) is 7.74. The Balaban J connectivity index is 1.26. The van der Waals surface area contributed by atoms with Gasteiger partial charge >= 0.3 is 0 Å². The number of ether oxygens (including phenoxy) is 1. The number of anilines is 2. The van der Waals surface area contributed by atoms with E-state index in [1.54, 1.807) is 13.2 Å². The molecular formula is C28H26ClN3O3S. The highest BCUT2D eigenvalue weighted by atomic mass is 35.5. The summed E-state index contributed by atoms with van der Waals surface area (Å²) < 4.78 is 5.19. The number of methoxy groups -OCH3 is 1. The molecule has 0 bridgehead atoms. The summed E-state index contributed by atoms with van der Waals surface area (Å²) in [6.45, 7) is 4.80. The summed E-state index contributed by atoms with van der Waals surface area (Å²) in [4.78, 5) is 31.6. The van der Waals surface area contributed by atoms with Crippen molar-refractivity contribution in [1.29, 1.82) is 0 Å². The molecule has 36 heavy (non-hydrogen) atoms. The molecule has 2 aliphatic heterocycles. The van der Waals surface area contributed by atoms with Gasteiger partial charge in [-0.25, -0.2) is 0 Å². The second-order valence-electron chi connectivity index (χ2n) is 8.76. The first-order valence-electron chi connectivity index (χ1n) is 11.7. The highest BCUT2D eigenvalue weighted by Gasteiger charge is 2.26. The Kier molecular flexibility index (Phi) is 6.94. The first-order chi connectivity index (χ1) is 17.4. The van der Waals surface area contributed by atoms with Crippen molar-refractivity contribution >= 4 is 52.6 Å². The van der Waals surface area contributed by atoms with Gasteiger partial charge < -0.3 is 19.9 Å². The quantitative estimate of drug-likeness (QED) is 0.448. The van der Waals surface area contributed by atoms with E-state index in [9.17, 15) is 9.59 Å². The number of piperazine rings is 1. The fourth-order valence-corrected chi connectivity index (χ4v) is 5.50. The van der Waals surface area contributed by atoms with E-state index >= 15 is 0 Å². The van der Waals surface area contributed by atoms with Crippen molar-refractivity contribution in [3.8, 4) is 5.75 Å². The zero-order valence-electron chi connectivity index (χ0n) is 20.1. The normalized spacial score (nSPS) is 16.5.